The number of hydrogen-bond acceptors (Lipinski definition) is 3. The van der Waals surface area contributed by atoms with Crippen LogP contribution in [0.5, 0.6) is 5.75 Å². The lowest BCUT2D eigenvalue weighted by Gasteiger charge is -2.12. The summed E-state index contributed by atoms with van der Waals surface area (Å²) in [5.74, 6) is 0.543. The van der Waals surface area contributed by atoms with Gasteiger partial charge in [-0.15, -0.1) is 11.6 Å². The fourth-order valence-corrected chi connectivity index (χ4v) is 1.59. The first-order valence-electron chi connectivity index (χ1n) is 5.15. The second-order valence-corrected chi connectivity index (χ2v) is 3.60. The van der Waals surface area contributed by atoms with Crippen molar-refractivity contribution in [2.45, 2.75) is 20.0 Å². The van der Waals surface area contributed by atoms with E-state index in [2.05, 4.69) is 0 Å². The summed E-state index contributed by atoms with van der Waals surface area (Å²) in [6.07, 6.45) is 0.204. The molecule has 0 aromatic heterocycles. The molecule has 1 rings (SSSR count). The molecule has 0 aliphatic heterocycles. The second kappa shape index (κ2) is 6.51. The van der Waals surface area contributed by atoms with Crippen LogP contribution in [-0.4, -0.2) is 23.4 Å². The maximum Gasteiger partial charge on any atom is 0.152 e. The number of Topliss-reactive ketones (excluding diaryl/α,β-unsaturated/α-hetero) is 1. The van der Waals surface area contributed by atoms with Crippen molar-refractivity contribution in [1.82, 2.24) is 0 Å². The number of aliphatic hydroxyl groups is 1. The largest absolute Gasteiger partial charge is 0.494 e. The van der Waals surface area contributed by atoms with E-state index in [0.717, 1.165) is 5.56 Å². The SMILES string of the molecule is CCOc1cccc(CO)c1CC(=O)CCl. The zero-order valence-corrected chi connectivity index (χ0v) is 9.96. The minimum atomic E-state index is -0.105. The third kappa shape index (κ3) is 3.22. The Bertz CT molecular complexity index is 363. The van der Waals surface area contributed by atoms with E-state index in [1.807, 2.05) is 6.92 Å². The van der Waals surface area contributed by atoms with Crippen LogP contribution in [0.15, 0.2) is 18.2 Å². The van der Waals surface area contributed by atoms with Gasteiger partial charge in [0.05, 0.1) is 19.1 Å². The minimum absolute atomic E-state index is 0.0225. The van der Waals surface area contributed by atoms with Crippen molar-refractivity contribution >= 4 is 17.4 Å². The molecular weight excluding hydrogens is 228 g/mol. The molecule has 0 atom stereocenters. The zero-order valence-electron chi connectivity index (χ0n) is 9.20. The molecule has 0 unspecified atom stereocenters. The van der Waals surface area contributed by atoms with Crippen molar-refractivity contribution in [3.8, 4) is 5.75 Å². The normalized spacial score (nSPS) is 10.2. The molecule has 1 N–H and O–H groups in total. The van der Waals surface area contributed by atoms with Crippen LogP contribution >= 0.6 is 11.6 Å². The molecule has 4 heteroatoms. The molecule has 0 radical (unpaired) electrons. The lowest BCUT2D eigenvalue weighted by atomic mass is 10.0. The maximum atomic E-state index is 11.3. The topological polar surface area (TPSA) is 46.5 Å². The Labute approximate surface area is 100.0 Å². The highest BCUT2D eigenvalue weighted by Gasteiger charge is 2.12. The zero-order chi connectivity index (χ0) is 12.0. The van der Waals surface area contributed by atoms with Crippen LogP contribution in [0, 0.1) is 0 Å². The van der Waals surface area contributed by atoms with Crippen LogP contribution in [0.1, 0.15) is 18.1 Å². The summed E-state index contributed by atoms with van der Waals surface area (Å²) in [7, 11) is 0. The number of rotatable bonds is 6. The Hall–Kier alpha value is -1.06. The average molecular weight is 243 g/mol. The van der Waals surface area contributed by atoms with E-state index in [1.165, 1.54) is 0 Å². The standard InChI is InChI=1S/C12H15ClO3/c1-2-16-12-5-3-4-9(8-14)11(12)6-10(15)7-13/h3-5,14H,2,6-8H2,1H3. The van der Waals surface area contributed by atoms with Gasteiger partial charge in [-0.25, -0.2) is 0 Å². The Morgan fingerprint density at radius 2 is 2.25 bits per heavy atom. The van der Waals surface area contributed by atoms with Gasteiger partial charge in [-0.05, 0) is 18.6 Å². The number of halogens is 1. The van der Waals surface area contributed by atoms with Gasteiger partial charge in [-0.2, -0.15) is 0 Å². The first-order valence-corrected chi connectivity index (χ1v) is 5.68. The summed E-state index contributed by atoms with van der Waals surface area (Å²) in [4.78, 5) is 11.3. The summed E-state index contributed by atoms with van der Waals surface area (Å²) in [5, 5.41) is 9.20. The van der Waals surface area contributed by atoms with E-state index in [-0.39, 0.29) is 24.7 Å². The number of ketones is 1. The van der Waals surface area contributed by atoms with Crippen LogP contribution < -0.4 is 4.74 Å². The van der Waals surface area contributed by atoms with E-state index in [1.54, 1.807) is 18.2 Å². The fraction of sp³-hybridized carbons (Fsp3) is 0.417. The van der Waals surface area contributed by atoms with Gasteiger partial charge in [0, 0.05) is 12.0 Å². The third-order valence-corrected chi connectivity index (χ3v) is 2.52. The van der Waals surface area contributed by atoms with Crippen LogP contribution in [0.2, 0.25) is 0 Å². The predicted octanol–water partition coefficient (Wildman–Crippen LogP) is 1.93. The lowest BCUT2D eigenvalue weighted by Crippen LogP contribution is -2.09. The molecule has 0 heterocycles. The molecule has 0 bridgehead atoms. The van der Waals surface area contributed by atoms with E-state index in [4.69, 9.17) is 16.3 Å². The van der Waals surface area contributed by atoms with Crippen molar-refractivity contribution in [3.63, 3.8) is 0 Å². The molecule has 0 amide bonds. The smallest absolute Gasteiger partial charge is 0.152 e. The third-order valence-electron chi connectivity index (χ3n) is 2.22. The number of alkyl halides is 1. The molecule has 0 aliphatic rings. The average Bonchev–Trinajstić information content (AvgIpc) is 2.31. The summed E-state index contributed by atoms with van der Waals surface area (Å²) in [6, 6.07) is 5.37. The monoisotopic (exact) mass is 242 g/mol. The number of carbonyl (C=O) groups is 1. The van der Waals surface area contributed by atoms with Crippen molar-refractivity contribution in [1.29, 1.82) is 0 Å². The van der Waals surface area contributed by atoms with E-state index in [0.29, 0.717) is 17.9 Å². The fourth-order valence-electron chi connectivity index (χ4n) is 1.50. The molecule has 3 nitrogen and oxygen atoms in total. The van der Waals surface area contributed by atoms with E-state index < -0.39 is 0 Å². The molecule has 1 aromatic carbocycles. The van der Waals surface area contributed by atoms with Gasteiger partial charge in [0.15, 0.2) is 5.78 Å². The number of aliphatic hydroxyl groups excluding tert-OH is 1. The quantitative estimate of drug-likeness (QED) is 0.776. The van der Waals surface area contributed by atoms with Crippen molar-refractivity contribution in [2.75, 3.05) is 12.5 Å². The Balaban J connectivity index is 3.03. The van der Waals surface area contributed by atoms with Gasteiger partial charge in [0.1, 0.15) is 5.75 Å². The summed E-state index contributed by atoms with van der Waals surface area (Å²) < 4.78 is 5.42. The maximum absolute atomic E-state index is 11.3. The summed E-state index contributed by atoms with van der Waals surface area (Å²) >= 11 is 5.47. The number of carbonyl (C=O) groups excluding carboxylic acids is 1. The van der Waals surface area contributed by atoms with Crippen LogP contribution in [-0.2, 0) is 17.8 Å². The molecular formula is C12H15ClO3. The van der Waals surface area contributed by atoms with Crippen LogP contribution in [0.4, 0.5) is 0 Å². The number of benzene rings is 1. The second-order valence-electron chi connectivity index (χ2n) is 3.33. The Morgan fingerprint density at radius 3 is 2.81 bits per heavy atom. The van der Waals surface area contributed by atoms with Crippen molar-refractivity contribution in [3.05, 3.63) is 29.3 Å². The predicted molar refractivity (Wildman–Crippen MR) is 63.0 cm³/mol. The highest BCUT2D eigenvalue weighted by Crippen LogP contribution is 2.23. The van der Waals surface area contributed by atoms with Crippen LogP contribution in [0.25, 0.3) is 0 Å². The molecule has 0 aliphatic carbocycles. The Morgan fingerprint density at radius 1 is 1.50 bits per heavy atom. The molecule has 16 heavy (non-hydrogen) atoms. The summed E-state index contributed by atoms with van der Waals surface area (Å²) in [6.45, 7) is 2.29. The first-order chi connectivity index (χ1) is 7.72. The lowest BCUT2D eigenvalue weighted by molar-refractivity contribution is -0.116. The molecule has 0 fully saturated rings. The first kappa shape index (κ1) is 13.0. The molecule has 88 valence electrons. The van der Waals surface area contributed by atoms with E-state index in [9.17, 15) is 9.90 Å². The molecule has 0 saturated carbocycles. The highest BCUT2D eigenvalue weighted by molar-refractivity contribution is 6.27. The minimum Gasteiger partial charge on any atom is -0.494 e. The van der Waals surface area contributed by atoms with Gasteiger partial charge in [-0.1, -0.05) is 12.1 Å². The van der Waals surface area contributed by atoms with Gasteiger partial charge < -0.3 is 9.84 Å². The van der Waals surface area contributed by atoms with E-state index >= 15 is 0 Å². The molecule has 0 saturated heterocycles. The summed E-state index contributed by atoms with van der Waals surface area (Å²) in [5.41, 5.74) is 1.45. The Kier molecular flexibility index (Phi) is 5.29. The van der Waals surface area contributed by atoms with Gasteiger partial charge >= 0.3 is 0 Å². The molecule has 1 aromatic rings. The van der Waals surface area contributed by atoms with Crippen molar-refractivity contribution in [2.24, 2.45) is 0 Å². The van der Waals surface area contributed by atoms with Gasteiger partial charge in [0.25, 0.3) is 0 Å². The van der Waals surface area contributed by atoms with Gasteiger partial charge in [0.2, 0.25) is 0 Å². The van der Waals surface area contributed by atoms with Crippen LogP contribution in [0.3, 0.4) is 0 Å². The van der Waals surface area contributed by atoms with Gasteiger partial charge in [-0.3, -0.25) is 4.79 Å². The highest BCUT2D eigenvalue weighted by atomic mass is 35.5. The number of hydrogen-bond donors (Lipinski definition) is 1. The number of ether oxygens (including phenoxy) is 1. The van der Waals surface area contributed by atoms with Crippen molar-refractivity contribution < 1.29 is 14.6 Å². The molecule has 0 spiro atoms.